The Morgan fingerprint density at radius 1 is 1.45 bits per heavy atom. The number of rotatable bonds is 4. The number of imidazole rings is 1. The van der Waals surface area contributed by atoms with E-state index < -0.39 is 0 Å². The monoisotopic (exact) mass is 335 g/mol. The standard InChI is InChI=1S/C15H14ClN3O2S/c1-9-13(22-8-17-9)7-19-12-5-10(15(20)21-2)3-4-11(12)18-14(19)6-16/h3-5,8H,6-7H2,1-2H3. The van der Waals surface area contributed by atoms with Gasteiger partial charge in [-0.2, -0.15) is 0 Å². The third kappa shape index (κ3) is 2.60. The summed E-state index contributed by atoms with van der Waals surface area (Å²) in [4.78, 5) is 21.7. The van der Waals surface area contributed by atoms with Crippen molar-refractivity contribution in [2.24, 2.45) is 0 Å². The zero-order valence-corrected chi connectivity index (χ0v) is 13.7. The van der Waals surface area contributed by atoms with E-state index in [-0.39, 0.29) is 5.97 Å². The molecule has 3 aromatic rings. The van der Waals surface area contributed by atoms with Crippen molar-refractivity contribution in [3.8, 4) is 0 Å². The summed E-state index contributed by atoms with van der Waals surface area (Å²) in [5.74, 6) is 0.711. The fourth-order valence-corrected chi connectivity index (χ4v) is 3.29. The Labute approximate surface area is 136 Å². The van der Waals surface area contributed by atoms with E-state index in [0.29, 0.717) is 18.0 Å². The van der Waals surface area contributed by atoms with Gasteiger partial charge in [-0.3, -0.25) is 0 Å². The Hall–Kier alpha value is -1.92. The Kier molecular flexibility index (Phi) is 4.13. The van der Waals surface area contributed by atoms with Gasteiger partial charge < -0.3 is 9.30 Å². The molecule has 3 rings (SSSR count). The van der Waals surface area contributed by atoms with E-state index in [0.717, 1.165) is 27.4 Å². The highest BCUT2D eigenvalue weighted by molar-refractivity contribution is 7.09. The zero-order chi connectivity index (χ0) is 15.7. The summed E-state index contributed by atoms with van der Waals surface area (Å²) in [6.07, 6.45) is 0. The summed E-state index contributed by atoms with van der Waals surface area (Å²) in [6.45, 7) is 2.62. The first-order valence-electron chi connectivity index (χ1n) is 6.66. The summed E-state index contributed by atoms with van der Waals surface area (Å²) in [5, 5.41) is 0. The molecule has 7 heteroatoms. The maximum absolute atomic E-state index is 11.7. The molecule has 22 heavy (non-hydrogen) atoms. The normalized spacial score (nSPS) is 11.0. The van der Waals surface area contributed by atoms with Gasteiger partial charge in [-0.05, 0) is 25.1 Å². The number of carbonyl (C=O) groups excluding carboxylic acids is 1. The third-order valence-electron chi connectivity index (χ3n) is 3.51. The summed E-state index contributed by atoms with van der Waals surface area (Å²) < 4.78 is 6.80. The minimum absolute atomic E-state index is 0.306. The molecule has 0 amide bonds. The fraction of sp³-hybridized carbons (Fsp3) is 0.267. The first-order chi connectivity index (χ1) is 10.6. The Balaban J connectivity index is 2.13. The molecule has 0 saturated carbocycles. The molecule has 2 heterocycles. The first-order valence-corrected chi connectivity index (χ1v) is 8.08. The fourth-order valence-electron chi connectivity index (χ4n) is 2.32. The molecule has 0 unspecified atom stereocenters. The molecule has 0 aliphatic heterocycles. The van der Waals surface area contributed by atoms with Crippen molar-refractivity contribution in [1.29, 1.82) is 0 Å². The van der Waals surface area contributed by atoms with Gasteiger partial charge in [-0.15, -0.1) is 22.9 Å². The molecular weight excluding hydrogens is 322 g/mol. The molecule has 2 aromatic heterocycles. The Morgan fingerprint density at radius 3 is 2.91 bits per heavy atom. The average molecular weight is 336 g/mol. The lowest BCUT2D eigenvalue weighted by molar-refractivity contribution is 0.0601. The molecular formula is C15H14ClN3O2S. The van der Waals surface area contributed by atoms with Crippen molar-refractivity contribution in [3.63, 3.8) is 0 Å². The van der Waals surface area contributed by atoms with Crippen LogP contribution >= 0.6 is 22.9 Å². The Bertz CT molecular complexity index is 841. The smallest absolute Gasteiger partial charge is 0.337 e. The quantitative estimate of drug-likeness (QED) is 0.542. The van der Waals surface area contributed by atoms with E-state index in [1.165, 1.54) is 7.11 Å². The molecule has 0 spiro atoms. The highest BCUT2D eigenvalue weighted by atomic mass is 35.5. The van der Waals surface area contributed by atoms with Gasteiger partial charge in [-0.25, -0.2) is 14.8 Å². The number of carbonyl (C=O) groups is 1. The minimum Gasteiger partial charge on any atom is -0.465 e. The van der Waals surface area contributed by atoms with Crippen LogP contribution < -0.4 is 0 Å². The molecule has 1 aromatic carbocycles. The number of halogens is 1. The van der Waals surface area contributed by atoms with Crippen molar-refractivity contribution in [1.82, 2.24) is 14.5 Å². The van der Waals surface area contributed by atoms with Crippen LogP contribution in [0.4, 0.5) is 0 Å². The van der Waals surface area contributed by atoms with Crippen LogP contribution in [0.15, 0.2) is 23.7 Å². The number of esters is 1. The molecule has 0 N–H and O–H groups in total. The van der Waals surface area contributed by atoms with Crippen molar-refractivity contribution >= 4 is 39.9 Å². The van der Waals surface area contributed by atoms with Crippen LogP contribution in [-0.4, -0.2) is 27.6 Å². The van der Waals surface area contributed by atoms with Gasteiger partial charge in [0.25, 0.3) is 0 Å². The van der Waals surface area contributed by atoms with Crippen LogP contribution in [0.2, 0.25) is 0 Å². The van der Waals surface area contributed by atoms with Crippen molar-refractivity contribution in [3.05, 3.63) is 45.7 Å². The van der Waals surface area contributed by atoms with Crippen molar-refractivity contribution < 1.29 is 9.53 Å². The lowest BCUT2D eigenvalue weighted by Gasteiger charge is -2.07. The van der Waals surface area contributed by atoms with Gasteiger partial charge in [0.1, 0.15) is 5.82 Å². The highest BCUT2D eigenvalue weighted by Crippen LogP contribution is 2.23. The highest BCUT2D eigenvalue weighted by Gasteiger charge is 2.15. The van der Waals surface area contributed by atoms with Gasteiger partial charge in [0, 0.05) is 4.88 Å². The zero-order valence-electron chi connectivity index (χ0n) is 12.2. The lowest BCUT2D eigenvalue weighted by Crippen LogP contribution is -2.05. The SMILES string of the molecule is COC(=O)c1ccc2nc(CCl)n(Cc3scnc3C)c2c1. The summed E-state index contributed by atoms with van der Waals surface area (Å²) >= 11 is 7.62. The second kappa shape index (κ2) is 6.06. The minimum atomic E-state index is -0.365. The number of ether oxygens (including phenoxy) is 1. The van der Waals surface area contributed by atoms with Gasteiger partial charge in [0.15, 0.2) is 0 Å². The molecule has 0 radical (unpaired) electrons. The number of aromatic nitrogens is 3. The number of aryl methyl sites for hydroxylation is 1. The average Bonchev–Trinajstić information content (AvgIpc) is 3.10. The van der Waals surface area contributed by atoms with E-state index in [1.807, 2.05) is 23.1 Å². The van der Waals surface area contributed by atoms with Crippen molar-refractivity contribution in [2.75, 3.05) is 7.11 Å². The molecule has 0 bridgehead atoms. The van der Waals surface area contributed by atoms with Crippen LogP contribution in [0.3, 0.4) is 0 Å². The molecule has 5 nitrogen and oxygen atoms in total. The van der Waals surface area contributed by atoms with E-state index in [2.05, 4.69) is 9.97 Å². The first kappa shape index (κ1) is 15.0. The van der Waals surface area contributed by atoms with E-state index >= 15 is 0 Å². The second-order valence-corrected chi connectivity index (χ2v) is 6.01. The van der Waals surface area contributed by atoms with Gasteiger partial charge in [0.2, 0.25) is 0 Å². The maximum atomic E-state index is 11.7. The van der Waals surface area contributed by atoms with Gasteiger partial charge in [-0.1, -0.05) is 0 Å². The van der Waals surface area contributed by atoms with E-state index in [4.69, 9.17) is 16.3 Å². The predicted molar refractivity (Wildman–Crippen MR) is 86.6 cm³/mol. The van der Waals surface area contributed by atoms with E-state index in [9.17, 15) is 4.79 Å². The Morgan fingerprint density at radius 2 is 2.27 bits per heavy atom. The maximum Gasteiger partial charge on any atom is 0.337 e. The molecule has 0 aliphatic rings. The van der Waals surface area contributed by atoms with Gasteiger partial charge >= 0.3 is 5.97 Å². The van der Waals surface area contributed by atoms with Crippen LogP contribution in [0.25, 0.3) is 11.0 Å². The molecule has 0 fully saturated rings. The number of hydrogen-bond donors (Lipinski definition) is 0. The number of benzene rings is 1. The van der Waals surface area contributed by atoms with Crippen molar-refractivity contribution in [2.45, 2.75) is 19.3 Å². The number of alkyl halides is 1. The van der Waals surface area contributed by atoms with Gasteiger partial charge in [0.05, 0.1) is 47.3 Å². The summed E-state index contributed by atoms with van der Waals surface area (Å²) in [5.41, 5.74) is 5.00. The molecule has 0 atom stereocenters. The second-order valence-electron chi connectivity index (χ2n) is 4.80. The van der Waals surface area contributed by atoms with Crippen LogP contribution in [0.5, 0.6) is 0 Å². The number of methoxy groups -OCH3 is 1. The number of hydrogen-bond acceptors (Lipinski definition) is 5. The molecule has 0 saturated heterocycles. The summed E-state index contributed by atoms with van der Waals surface area (Å²) in [7, 11) is 1.37. The number of thiazole rings is 1. The van der Waals surface area contributed by atoms with Crippen LogP contribution in [0, 0.1) is 6.92 Å². The molecule has 114 valence electrons. The third-order valence-corrected chi connectivity index (χ3v) is 4.67. The van der Waals surface area contributed by atoms with Crippen LogP contribution in [-0.2, 0) is 17.2 Å². The predicted octanol–water partition coefficient (Wildman–Crippen LogP) is 3.37. The lowest BCUT2D eigenvalue weighted by atomic mass is 10.2. The largest absolute Gasteiger partial charge is 0.465 e. The number of nitrogens with zero attached hydrogens (tertiary/aromatic N) is 3. The molecule has 0 aliphatic carbocycles. The van der Waals surface area contributed by atoms with Crippen LogP contribution in [0.1, 0.15) is 26.8 Å². The topological polar surface area (TPSA) is 57.0 Å². The number of fused-ring (bicyclic) bond motifs is 1. The van der Waals surface area contributed by atoms with E-state index in [1.54, 1.807) is 23.5 Å². The summed E-state index contributed by atoms with van der Waals surface area (Å²) in [6, 6.07) is 5.32.